The third-order valence-corrected chi connectivity index (χ3v) is 3.37. The number of alkyl carbamates (subject to hydrolysis) is 1. The average Bonchev–Trinajstić information content (AvgIpc) is 2.51. The molecule has 0 unspecified atom stereocenters. The van der Waals surface area contributed by atoms with E-state index in [-0.39, 0.29) is 0 Å². The Labute approximate surface area is 155 Å². The standard InChI is InChI=1S/C18H29ClN4O2/c1-18(2,3)25-17(24)23-11-6-10-21-16(20-4)22-12-9-14-7-5-8-15(19)13-14/h5,7-8,13H,6,9-12H2,1-4H3,(H,23,24)(H2,20,21,22). The lowest BCUT2D eigenvalue weighted by Gasteiger charge is -2.19. The number of amides is 1. The molecule has 0 aromatic heterocycles. The number of guanidine groups is 1. The van der Waals surface area contributed by atoms with Crippen molar-refractivity contribution in [1.82, 2.24) is 16.0 Å². The van der Waals surface area contributed by atoms with Gasteiger partial charge in [0.15, 0.2) is 5.96 Å². The van der Waals surface area contributed by atoms with Gasteiger partial charge >= 0.3 is 6.09 Å². The minimum atomic E-state index is -0.475. The summed E-state index contributed by atoms with van der Waals surface area (Å²) in [6, 6.07) is 7.82. The van der Waals surface area contributed by atoms with Crippen molar-refractivity contribution in [2.45, 2.75) is 39.2 Å². The minimum absolute atomic E-state index is 0.392. The van der Waals surface area contributed by atoms with Crippen molar-refractivity contribution in [2.24, 2.45) is 4.99 Å². The lowest BCUT2D eigenvalue weighted by atomic mass is 10.1. The highest BCUT2D eigenvalue weighted by Crippen LogP contribution is 2.10. The van der Waals surface area contributed by atoms with Crippen molar-refractivity contribution in [3.05, 3.63) is 34.9 Å². The lowest BCUT2D eigenvalue weighted by Crippen LogP contribution is -2.40. The van der Waals surface area contributed by atoms with Gasteiger partial charge in [0.25, 0.3) is 0 Å². The van der Waals surface area contributed by atoms with Crippen LogP contribution in [0.2, 0.25) is 5.02 Å². The normalized spacial score (nSPS) is 11.8. The summed E-state index contributed by atoms with van der Waals surface area (Å²) in [5.74, 6) is 0.735. The number of ether oxygens (including phenoxy) is 1. The predicted molar refractivity (Wildman–Crippen MR) is 103 cm³/mol. The van der Waals surface area contributed by atoms with Crippen molar-refractivity contribution >= 4 is 23.7 Å². The third kappa shape index (κ3) is 10.5. The van der Waals surface area contributed by atoms with Crippen molar-refractivity contribution in [1.29, 1.82) is 0 Å². The van der Waals surface area contributed by atoms with E-state index in [0.29, 0.717) is 13.1 Å². The molecule has 0 saturated heterocycles. The van der Waals surface area contributed by atoms with E-state index in [1.165, 1.54) is 5.56 Å². The molecule has 1 amide bonds. The number of benzene rings is 1. The van der Waals surface area contributed by atoms with Crippen LogP contribution in [0.5, 0.6) is 0 Å². The van der Waals surface area contributed by atoms with E-state index < -0.39 is 11.7 Å². The first-order valence-electron chi connectivity index (χ1n) is 8.46. The summed E-state index contributed by atoms with van der Waals surface area (Å²) in [5, 5.41) is 9.94. The van der Waals surface area contributed by atoms with Crippen LogP contribution in [0.25, 0.3) is 0 Å². The van der Waals surface area contributed by atoms with E-state index >= 15 is 0 Å². The van der Waals surface area contributed by atoms with Crippen LogP contribution in [-0.4, -0.2) is 44.3 Å². The second kappa shape index (κ2) is 10.8. The molecule has 3 N–H and O–H groups in total. The molecule has 0 atom stereocenters. The van der Waals surface area contributed by atoms with Crippen LogP contribution in [0.15, 0.2) is 29.3 Å². The zero-order valence-electron chi connectivity index (χ0n) is 15.5. The van der Waals surface area contributed by atoms with E-state index in [0.717, 1.165) is 30.4 Å². The van der Waals surface area contributed by atoms with Gasteiger partial charge in [-0.2, -0.15) is 0 Å². The Kier molecular flexibility index (Phi) is 9.13. The molecule has 0 fully saturated rings. The van der Waals surface area contributed by atoms with Gasteiger partial charge in [0.2, 0.25) is 0 Å². The fourth-order valence-electron chi connectivity index (χ4n) is 2.04. The van der Waals surface area contributed by atoms with Crippen LogP contribution in [0.4, 0.5) is 4.79 Å². The number of halogens is 1. The Balaban J connectivity index is 2.15. The first kappa shape index (κ1) is 21.1. The number of hydrogen-bond acceptors (Lipinski definition) is 3. The van der Waals surface area contributed by atoms with E-state index in [4.69, 9.17) is 16.3 Å². The molecule has 0 saturated carbocycles. The Hall–Kier alpha value is -1.95. The summed E-state index contributed by atoms with van der Waals surface area (Å²) in [6.45, 7) is 7.53. The molecule has 0 aliphatic carbocycles. The Morgan fingerprint density at radius 1 is 1.16 bits per heavy atom. The molecule has 0 aliphatic heterocycles. The van der Waals surface area contributed by atoms with E-state index in [1.54, 1.807) is 7.05 Å². The highest BCUT2D eigenvalue weighted by atomic mass is 35.5. The number of carbonyl (C=O) groups excluding carboxylic acids is 1. The summed E-state index contributed by atoms with van der Waals surface area (Å²) in [6.07, 6.45) is 1.24. The number of aliphatic imine (C=N–C) groups is 1. The van der Waals surface area contributed by atoms with Crippen molar-refractivity contribution in [2.75, 3.05) is 26.7 Å². The molecule has 0 radical (unpaired) electrons. The zero-order chi connectivity index (χ0) is 18.7. The topological polar surface area (TPSA) is 74.8 Å². The Morgan fingerprint density at radius 2 is 1.84 bits per heavy atom. The maximum atomic E-state index is 11.5. The molecule has 0 heterocycles. The van der Waals surface area contributed by atoms with Gasteiger partial charge in [-0.05, 0) is 51.3 Å². The molecule has 0 aliphatic rings. The maximum Gasteiger partial charge on any atom is 0.407 e. The summed E-state index contributed by atoms with van der Waals surface area (Å²) in [7, 11) is 1.73. The zero-order valence-corrected chi connectivity index (χ0v) is 16.2. The molecule has 6 nitrogen and oxygen atoms in total. The van der Waals surface area contributed by atoms with Crippen LogP contribution < -0.4 is 16.0 Å². The van der Waals surface area contributed by atoms with Gasteiger partial charge in [-0.25, -0.2) is 4.79 Å². The smallest absolute Gasteiger partial charge is 0.407 e. The summed E-state index contributed by atoms with van der Waals surface area (Å²) < 4.78 is 5.17. The number of hydrogen-bond donors (Lipinski definition) is 3. The highest BCUT2D eigenvalue weighted by molar-refractivity contribution is 6.30. The number of nitrogens with zero attached hydrogens (tertiary/aromatic N) is 1. The molecule has 25 heavy (non-hydrogen) atoms. The van der Waals surface area contributed by atoms with Gasteiger partial charge < -0.3 is 20.7 Å². The molecular weight excluding hydrogens is 340 g/mol. The second-order valence-corrected chi connectivity index (χ2v) is 7.02. The predicted octanol–water partition coefficient (Wildman–Crippen LogP) is 2.96. The van der Waals surface area contributed by atoms with Crippen LogP contribution in [0.1, 0.15) is 32.8 Å². The minimum Gasteiger partial charge on any atom is -0.444 e. The number of rotatable bonds is 7. The van der Waals surface area contributed by atoms with E-state index in [2.05, 4.69) is 20.9 Å². The van der Waals surface area contributed by atoms with Gasteiger partial charge in [-0.3, -0.25) is 4.99 Å². The highest BCUT2D eigenvalue weighted by Gasteiger charge is 2.15. The largest absolute Gasteiger partial charge is 0.444 e. The third-order valence-electron chi connectivity index (χ3n) is 3.13. The average molecular weight is 369 g/mol. The molecule has 0 bridgehead atoms. The van der Waals surface area contributed by atoms with Gasteiger partial charge in [0.1, 0.15) is 5.60 Å². The van der Waals surface area contributed by atoms with Crippen molar-refractivity contribution in [3.63, 3.8) is 0 Å². The molecule has 7 heteroatoms. The molecule has 140 valence electrons. The fraction of sp³-hybridized carbons (Fsp3) is 0.556. The Morgan fingerprint density at radius 3 is 2.48 bits per heavy atom. The van der Waals surface area contributed by atoms with Crippen LogP contribution in [0, 0.1) is 0 Å². The van der Waals surface area contributed by atoms with Gasteiger partial charge in [-0.1, -0.05) is 23.7 Å². The van der Waals surface area contributed by atoms with E-state index in [9.17, 15) is 4.79 Å². The maximum absolute atomic E-state index is 11.5. The second-order valence-electron chi connectivity index (χ2n) is 6.59. The SMILES string of the molecule is CN=C(NCCCNC(=O)OC(C)(C)C)NCCc1cccc(Cl)c1. The number of carbonyl (C=O) groups is 1. The van der Waals surface area contributed by atoms with Gasteiger partial charge in [0.05, 0.1) is 0 Å². The molecule has 1 aromatic rings. The van der Waals surface area contributed by atoms with Crippen LogP contribution in [0.3, 0.4) is 0 Å². The first-order chi connectivity index (χ1) is 11.8. The van der Waals surface area contributed by atoms with Crippen molar-refractivity contribution in [3.8, 4) is 0 Å². The van der Waals surface area contributed by atoms with Crippen molar-refractivity contribution < 1.29 is 9.53 Å². The molecule has 1 rings (SSSR count). The quantitative estimate of drug-likeness (QED) is 0.393. The number of nitrogens with one attached hydrogen (secondary N) is 3. The molecular formula is C18H29ClN4O2. The summed E-state index contributed by atoms with van der Waals surface area (Å²) in [5.41, 5.74) is 0.703. The van der Waals surface area contributed by atoms with E-state index in [1.807, 2.05) is 45.0 Å². The van der Waals surface area contributed by atoms with Gasteiger partial charge in [0, 0.05) is 31.7 Å². The summed E-state index contributed by atoms with van der Waals surface area (Å²) in [4.78, 5) is 15.7. The Bertz CT molecular complexity index is 570. The fourth-order valence-corrected chi connectivity index (χ4v) is 2.25. The monoisotopic (exact) mass is 368 g/mol. The molecule has 0 spiro atoms. The summed E-state index contributed by atoms with van der Waals surface area (Å²) >= 11 is 5.97. The van der Waals surface area contributed by atoms with Crippen LogP contribution in [-0.2, 0) is 11.2 Å². The lowest BCUT2D eigenvalue weighted by molar-refractivity contribution is 0.0527. The molecule has 1 aromatic carbocycles. The van der Waals surface area contributed by atoms with Crippen LogP contribution >= 0.6 is 11.6 Å². The first-order valence-corrected chi connectivity index (χ1v) is 8.84. The van der Waals surface area contributed by atoms with Gasteiger partial charge in [-0.15, -0.1) is 0 Å².